The topological polar surface area (TPSA) is 0 Å². The number of hydrogen-bond acceptors (Lipinski definition) is 0. The van der Waals surface area contributed by atoms with Gasteiger partial charge in [-0.15, -0.1) is 0 Å². The number of aryl methyl sites for hydroxylation is 2. The number of allylic oxidation sites excluding steroid dienone is 2. The van der Waals surface area contributed by atoms with Gasteiger partial charge in [-0.1, -0.05) is 35.9 Å². The van der Waals surface area contributed by atoms with E-state index in [-0.39, 0.29) is 0 Å². The van der Waals surface area contributed by atoms with Crippen molar-refractivity contribution < 1.29 is 0 Å². The molecule has 1 spiro atoms. The molecule has 0 nitrogen and oxygen atoms in total. The molecule has 3 aliphatic carbocycles. The fraction of sp³-hybridized carbons (Fsp3) is 0.529. The summed E-state index contributed by atoms with van der Waals surface area (Å²) in [6, 6.07) is 7.09. The first-order valence-corrected chi connectivity index (χ1v) is 7.02. The lowest BCUT2D eigenvalue weighted by Crippen LogP contribution is -2.32. The average Bonchev–Trinajstić information content (AvgIpc) is 2.90. The highest BCUT2D eigenvalue weighted by molar-refractivity contribution is 5.36. The second-order valence-electron chi connectivity index (χ2n) is 6.50. The Morgan fingerprint density at radius 1 is 1.18 bits per heavy atom. The molecule has 0 aliphatic heterocycles. The normalized spacial score (nSPS) is 37.7. The van der Waals surface area contributed by atoms with E-state index in [0.717, 1.165) is 11.8 Å². The van der Waals surface area contributed by atoms with Gasteiger partial charge in [0.25, 0.3) is 0 Å². The van der Waals surface area contributed by atoms with Crippen LogP contribution in [0.5, 0.6) is 0 Å². The van der Waals surface area contributed by atoms with Crippen LogP contribution in [-0.2, 0) is 12.8 Å². The molecule has 0 heteroatoms. The molecule has 0 N–H and O–H groups in total. The smallest absolute Gasteiger partial charge is 0.0168 e. The van der Waals surface area contributed by atoms with Gasteiger partial charge in [-0.25, -0.2) is 0 Å². The Labute approximate surface area is 104 Å². The maximum absolute atomic E-state index is 2.52. The van der Waals surface area contributed by atoms with E-state index in [1.54, 1.807) is 11.1 Å². The largest absolute Gasteiger partial charge is 0.0851 e. The Morgan fingerprint density at radius 3 is 2.88 bits per heavy atom. The first-order chi connectivity index (χ1) is 8.25. The van der Waals surface area contributed by atoms with Crippen LogP contribution >= 0.6 is 0 Å². The summed E-state index contributed by atoms with van der Waals surface area (Å²) in [5.74, 6) is 1.80. The molecule has 2 bridgehead atoms. The van der Waals surface area contributed by atoms with Crippen LogP contribution < -0.4 is 0 Å². The van der Waals surface area contributed by atoms with Crippen LogP contribution in [-0.4, -0.2) is 0 Å². The van der Waals surface area contributed by atoms with Crippen LogP contribution in [0.4, 0.5) is 0 Å². The first-order valence-electron chi connectivity index (χ1n) is 7.02. The highest BCUT2D eigenvalue weighted by atomic mass is 14.5. The van der Waals surface area contributed by atoms with Crippen LogP contribution in [0.25, 0.3) is 0 Å². The number of hydrogen-bond donors (Lipinski definition) is 0. The molecule has 17 heavy (non-hydrogen) atoms. The SMILES string of the molecule is Cc1ccc2c(c1)CCC1(C2)CC2C=CC1C2. The van der Waals surface area contributed by atoms with Crippen LogP contribution in [0.3, 0.4) is 0 Å². The molecule has 3 atom stereocenters. The molecular weight excluding hydrogens is 204 g/mol. The molecule has 3 aliphatic rings. The first kappa shape index (κ1) is 9.94. The van der Waals surface area contributed by atoms with Crippen molar-refractivity contribution in [3.8, 4) is 0 Å². The molecule has 0 saturated heterocycles. The van der Waals surface area contributed by atoms with Crippen LogP contribution in [0.15, 0.2) is 30.4 Å². The van der Waals surface area contributed by atoms with Crippen LogP contribution in [0.2, 0.25) is 0 Å². The van der Waals surface area contributed by atoms with Gasteiger partial charge in [0, 0.05) is 0 Å². The van der Waals surface area contributed by atoms with Gasteiger partial charge in [0.05, 0.1) is 0 Å². The van der Waals surface area contributed by atoms with Crippen LogP contribution in [0.1, 0.15) is 36.0 Å². The summed E-state index contributed by atoms with van der Waals surface area (Å²) in [5.41, 5.74) is 5.33. The van der Waals surface area contributed by atoms with Gasteiger partial charge in [0.2, 0.25) is 0 Å². The Balaban J connectivity index is 1.72. The fourth-order valence-corrected chi connectivity index (χ4v) is 4.56. The van der Waals surface area contributed by atoms with Gasteiger partial charge in [-0.05, 0) is 67.4 Å². The maximum atomic E-state index is 2.52. The van der Waals surface area contributed by atoms with Crippen molar-refractivity contribution in [3.05, 3.63) is 47.0 Å². The van der Waals surface area contributed by atoms with E-state index >= 15 is 0 Å². The van der Waals surface area contributed by atoms with Crippen molar-refractivity contribution in [2.24, 2.45) is 17.3 Å². The number of rotatable bonds is 0. The predicted octanol–water partition coefficient (Wildman–Crippen LogP) is 4.07. The molecule has 0 radical (unpaired) electrons. The maximum Gasteiger partial charge on any atom is -0.0168 e. The van der Waals surface area contributed by atoms with Gasteiger partial charge >= 0.3 is 0 Å². The molecule has 1 saturated carbocycles. The van der Waals surface area contributed by atoms with E-state index < -0.39 is 0 Å². The van der Waals surface area contributed by atoms with Gasteiger partial charge in [-0.2, -0.15) is 0 Å². The molecule has 1 aromatic rings. The summed E-state index contributed by atoms with van der Waals surface area (Å²) >= 11 is 0. The third kappa shape index (κ3) is 1.36. The van der Waals surface area contributed by atoms with Crippen molar-refractivity contribution in [1.82, 2.24) is 0 Å². The summed E-state index contributed by atoms with van der Waals surface area (Å²) in [7, 11) is 0. The standard InChI is InChI=1S/C17H20/c1-12-2-4-15-11-17(7-6-14(15)8-12)10-13-3-5-16(17)9-13/h2-5,8,13,16H,6-7,9-11H2,1H3. The van der Waals surface area contributed by atoms with Crippen molar-refractivity contribution >= 4 is 0 Å². The average molecular weight is 224 g/mol. The number of benzene rings is 1. The zero-order valence-electron chi connectivity index (χ0n) is 10.6. The highest BCUT2D eigenvalue weighted by Crippen LogP contribution is 2.57. The summed E-state index contributed by atoms with van der Waals surface area (Å²) < 4.78 is 0. The molecule has 1 aromatic carbocycles. The van der Waals surface area contributed by atoms with Crippen LogP contribution in [0, 0.1) is 24.2 Å². The van der Waals surface area contributed by atoms with E-state index in [9.17, 15) is 0 Å². The third-order valence-electron chi connectivity index (χ3n) is 5.42. The molecule has 3 unspecified atom stereocenters. The summed E-state index contributed by atoms with van der Waals surface area (Å²) in [5, 5.41) is 0. The summed E-state index contributed by atoms with van der Waals surface area (Å²) in [4.78, 5) is 0. The van der Waals surface area contributed by atoms with E-state index in [0.29, 0.717) is 5.41 Å². The lowest BCUT2D eigenvalue weighted by Gasteiger charge is -2.40. The Morgan fingerprint density at radius 2 is 2.12 bits per heavy atom. The molecular formula is C17H20. The van der Waals surface area contributed by atoms with E-state index in [1.165, 1.54) is 37.7 Å². The molecule has 0 amide bonds. The minimum Gasteiger partial charge on any atom is -0.0851 e. The zero-order valence-corrected chi connectivity index (χ0v) is 10.6. The van der Waals surface area contributed by atoms with E-state index in [2.05, 4.69) is 37.3 Å². The monoisotopic (exact) mass is 224 g/mol. The molecule has 0 aromatic heterocycles. The number of fused-ring (bicyclic) bond motifs is 4. The van der Waals surface area contributed by atoms with Crippen molar-refractivity contribution in [2.45, 2.75) is 39.0 Å². The van der Waals surface area contributed by atoms with Crippen molar-refractivity contribution in [2.75, 3.05) is 0 Å². The Kier molecular flexibility index (Phi) is 1.90. The molecule has 88 valence electrons. The summed E-state index contributed by atoms with van der Waals surface area (Å²) in [6.07, 6.45) is 12.0. The quantitative estimate of drug-likeness (QED) is 0.583. The minimum absolute atomic E-state index is 0.641. The molecule has 4 rings (SSSR count). The lowest BCUT2D eigenvalue weighted by molar-refractivity contribution is 0.195. The molecule has 0 heterocycles. The van der Waals surface area contributed by atoms with E-state index in [1.807, 2.05) is 0 Å². The third-order valence-corrected chi connectivity index (χ3v) is 5.42. The Hall–Kier alpha value is -1.04. The fourth-order valence-electron chi connectivity index (χ4n) is 4.56. The van der Waals surface area contributed by atoms with Gasteiger partial charge < -0.3 is 0 Å². The summed E-state index contributed by atoms with van der Waals surface area (Å²) in [6.45, 7) is 2.21. The molecule has 1 fully saturated rings. The van der Waals surface area contributed by atoms with Crippen molar-refractivity contribution in [1.29, 1.82) is 0 Å². The van der Waals surface area contributed by atoms with Crippen molar-refractivity contribution in [3.63, 3.8) is 0 Å². The highest BCUT2D eigenvalue weighted by Gasteiger charge is 2.49. The van der Waals surface area contributed by atoms with Gasteiger partial charge in [0.1, 0.15) is 0 Å². The Bertz CT molecular complexity index is 497. The predicted molar refractivity (Wildman–Crippen MR) is 71.0 cm³/mol. The van der Waals surface area contributed by atoms with Gasteiger partial charge in [-0.3, -0.25) is 0 Å². The van der Waals surface area contributed by atoms with Gasteiger partial charge in [0.15, 0.2) is 0 Å². The van der Waals surface area contributed by atoms with E-state index in [4.69, 9.17) is 0 Å². The zero-order chi connectivity index (χ0) is 11.5. The minimum atomic E-state index is 0.641. The second-order valence-corrected chi connectivity index (χ2v) is 6.50. The lowest BCUT2D eigenvalue weighted by atomic mass is 9.64. The second kappa shape index (κ2) is 3.25.